The van der Waals surface area contributed by atoms with Crippen LogP contribution in [0.5, 0.6) is 0 Å². The molecule has 1 heterocycles. The van der Waals surface area contributed by atoms with Crippen molar-refractivity contribution in [2.45, 2.75) is 38.1 Å². The first-order chi connectivity index (χ1) is 6.66. The molecule has 0 aromatic carbocycles. The van der Waals surface area contributed by atoms with Crippen LogP contribution in [-0.4, -0.2) is 20.9 Å². The zero-order chi connectivity index (χ0) is 10.1. The van der Waals surface area contributed by atoms with Crippen LogP contribution in [-0.2, 0) is 4.79 Å². The number of aliphatic carboxylic acids is 1. The van der Waals surface area contributed by atoms with Gasteiger partial charge in [0.2, 0.25) is 0 Å². The van der Waals surface area contributed by atoms with E-state index in [0.29, 0.717) is 5.92 Å². The summed E-state index contributed by atoms with van der Waals surface area (Å²) in [5.41, 5.74) is 1.11. The first kappa shape index (κ1) is 9.24. The van der Waals surface area contributed by atoms with Gasteiger partial charge in [0.1, 0.15) is 0 Å². The Bertz CT molecular complexity index is 342. The summed E-state index contributed by atoms with van der Waals surface area (Å²) < 4.78 is 1.75. The molecule has 0 spiro atoms. The molecule has 0 bridgehead atoms. The summed E-state index contributed by atoms with van der Waals surface area (Å²) in [7, 11) is 0. The van der Waals surface area contributed by atoms with Crippen LogP contribution in [0.4, 0.5) is 0 Å². The Kier molecular flexibility index (Phi) is 2.27. The molecular weight excluding hydrogens is 180 g/mol. The van der Waals surface area contributed by atoms with E-state index < -0.39 is 5.97 Å². The molecule has 1 aliphatic rings. The molecule has 1 fully saturated rings. The molecule has 4 heteroatoms. The fraction of sp³-hybridized carbons (Fsp3) is 0.600. The lowest BCUT2D eigenvalue weighted by Gasteiger charge is -2.08. The van der Waals surface area contributed by atoms with Crippen molar-refractivity contribution in [1.82, 2.24) is 9.78 Å². The Balaban J connectivity index is 2.03. The van der Waals surface area contributed by atoms with Gasteiger partial charge in [-0.25, -0.2) is 0 Å². The monoisotopic (exact) mass is 194 g/mol. The van der Waals surface area contributed by atoms with Crippen molar-refractivity contribution >= 4 is 5.97 Å². The van der Waals surface area contributed by atoms with Crippen LogP contribution < -0.4 is 0 Å². The van der Waals surface area contributed by atoms with Gasteiger partial charge in [-0.15, -0.1) is 0 Å². The predicted molar refractivity (Wildman–Crippen MR) is 51.2 cm³/mol. The number of carboxylic acid groups (broad SMARTS) is 1. The van der Waals surface area contributed by atoms with E-state index in [1.807, 2.05) is 19.2 Å². The molecule has 4 nitrogen and oxygen atoms in total. The normalized spacial score (nSPS) is 18.1. The van der Waals surface area contributed by atoms with Crippen molar-refractivity contribution in [1.29, 1.82) is 0 Å². The van der Waals surface area contributed by atoms with Crippen LogP contribution in [0.2, 0.25) is 0 Å². The number of nitrogens with zero attached hydrogens (tertiary/aromatic N) is 2. The van der Waals surface area contributed by atoms with E-state index in [-0.39, 0.29) is 12.5 Å². The molecular formula is C10H14N2O2. The predicted octanol–water partition coefficient (Wildman–Crippen LogP) is 1.80. The number of hydrogen-bond acceptors (Lipinski definition) is 2. The molecule has 14 heavy (non-hydrogen) atoms. The fourth-order valence-corrected chi connectivity index (χ4v) is 1.54. The van der Waals surface area contributed by atoms with Crippen LogP contribution in [0.25, 0.3) is 0 Å². The minimum absolute atomic E-state index is 0.0556. The number of aromatic nitrogens is 2. The van der Waals surface area contributed by atoms with E-state index >= 15 is 0 Å². The minimum Gasteiger partial charge on any atom is -0.481 e. The summed E-state index contributed by atoms with van der Waals surface area (Å²) >= 11 is 0. The zero-order valence-electron chi connectivity index (χ0n) is 8.18. The van der Waals surface area contributed by atoms with Crippen LogP contribution in [0.1, 0.15) is 43.8 Å². The lowest BCUT2D eigenvalue weighted by atomic mass is 10.2. The van der Waals surface area contributed by atoms with Gasteiger partial charge < -0.3 is 5.11 Å². The average Bonchev–Trinajstić information content (AvgIpc) is 2.82. The van der Waals surface area contributed by atoms with E-state index in [1.54, 1.807) is 4.68 Å². The molecule has 1 aromatic heterocycles. The van der Waals surface area contributed by atoms with Crippen molar-refractivity contribution in [3.63, 3.8) is 0 Å². The summed E-state index contributed by atoms with van der Waals surface area (Å²) in [5.74, 6) is -0.144. The molecule has 0 amide bonds. The highest BCUT2D eigenvalue weighted by Crippen LogP contribution is 2.39. The van der Waals surface area contributed by atoms with Crippen molar-refractivity contribution in [2.75, 3.05) is 0 Å². The highest BCUT2D eigenvalue weighted by atomic mass is 16.4. The molecule has 2 rings (SSSR count). The minimum atomic E-state index is -0.777. The smallest absolute Gasteiger partial charge is 0.305 e. The first-order valence-electron chi connectivity index (χ1n) is 4.93. The standard InChI is InChI=1S/C10H14N2O2/c1-7(6-10(13)14)12-5-4-9(11-12)8-2-3-8/h4-5,7-8H,2-3,6H2,1H3,(H,13,14). The van der Waals surface area contributed by atoms with Crippen molar-refractivity contribution < 1.29 is 9.90 Å². The van der Waals surface area contributed by atoms with Gasteiger partial charge in [-0.05, 0) is 25.8 Å². The summed E-state index contributed by atoms with van der Waals surface area (Å²) in [6, 6.07) is 1.94. The zero-order valence-corrected chi connectivity index (χ0v) is 8.18. The summed E-state index contributed by atoms with van der Waals surface area (Å²) in [6.07, 6.45) is 4.46. The van der Waals surface area contributed by atoms with E-state index in [0.717, 1.165) is 5.69 Å². The van der Waals surface area contributed by atoms with E-state index in [9.17, 15) is 4.79 Å². The maximum absolute atomic E-state index is 10.5. The van der Waals surface area contributed by atoms with Crippen LogP contribution >= 0.6 is 0 Å². The molecule has 0 aliphatic heterocycles. The molecule has 76 valence electrons. The van der Waals surface area contributed by atoms with Crippen molar-refractivity contribution in [3.05, 3.63) is 18.0 Å². The molecule has 1 saturated carbocycles. The second-order valence-electron chi connectivity index (χ2n) is 3.94. The third kappa shape index (κ3) is 1.95. The highest BCUT2D eigenvalue weighted by molar-refractivity contribution is 5.67. The average molecular weight is 194 g/mol. The van der Waals surface area contributed by atoms with Gasteiger partial charge in [-0.2, -0.15) is 5.10 Å². The van der Waals surface area contributed by atoms with Crippen molar-refractivity contribution in [3.8, 4) is 0 Å². The van der Waals surface area contributed by atoms with Crippen LogP contribution in [0, 0.1) is 0 Å². The molecule has 1 unspecified atom stereocenters. The number of carboxylic acids is 1. The van der Waals surface area contributed by atoms with Gasteiger partial charge in [0.05, 0.1) is 18.2 Å². The maximum atomic E-state index is 10.5. The Morgan fingerprint density at radius 3 is 3.07 bits per heavy atom. The van der Waals surface area contributed by atoms with Gasteiger partial charge in [-0.1, -0.05) is 0 Å². The second-order valence-corrected chi connectivity index (χ2v) is 3.94. The Morgan fingerprint density at radius 1 is 1.79 bits per heavy atom. The molecule has 1 N–H and O–H groups in total. The van der Waals surface area contributed by atoms with Gasteiger partial charge in [0.15, 0.2) is 0 Å². The topological polar surface area (TPSA) is 55.1 Å². The third-order valence-electron chi connectivity index (χ3n) is 2.55. The summed E-state index contributed by atoms with van der Waals surface area (Å²) in [5, 5.41) is 13.0. The van der Waals surface area contributed by atoms with E-state index in [1.165, 1.54) is 12.8 Å². The second kappa shape index (κ2) is 3.44. The SMILES string of the molecule is CC(CC(=O)O)n1ccc(C2CC2)n1. The molecule has 1 aliphatic carbocycles. The van der Waals surface area contributed by atoms with E-state index in [2.05, 4.69) is 5.10 Å². The Morgan fingerprint density at radius 2 is 2.50 bits per heavy atom. The van der Waals surface area contributed by atoms with Crippen LogP contribution in [0.3, 0.4) is 0 Å². The van der Waals surface area contributed by atoms with Gasteiger partial charge in [-0.3, -0.25) is 9.48 Å². The Labute approximate surface area is 82.5 Å². The number of rotatable bonds is 4. The first-order valence-corrected chi connectivity index (χ1v) is 4.93. The van der Waals surface area contributed by atoms with E-state index in [4.69, 9.17) is 5.11 Å². The number of carbonyl (C=O) groups is 1. The molecule has 1 aromatic rings. The van der Waals surface area contributed by atoms with Gasteiger partial charge in [0, 0.05) is 12.1 Å². The summed E-state index contributed by atoms with van der Waals surface area (Å²) in [4.78, 5) is 10.5. The van der Waals surface area contributed by atoms with Gasteiger partial charge in [0.25, 0.3) is 0 Å². The van der Waals surface area contributed by atoms with Crippen molar-refractivity contribution in [2.24, 2.45) is 0 Å². The lowest BCUT2D eigenvalue weighted by molar-refractivity contribution is -0.137. The molecule has 1 atom stereocenters. The highest BCUT2D eigenvalue weighted by Gasteiger charge is 2.26. The lowest BCUT2D eigenvalue weighted by Crippen LogP contribution is -2.11. The fourth-order valence-electron chi connectivity index (χ4n) is 1.54. The molecule has 0 radical (unpaired) electrons. The number of hydrogen-bond donors (Lipinski definition) is 1. The maximum Gasteiger partial charge on any atom is 0.305 e. The third-order valence-corrected chi connectivity index (χ3v) is 2.55. The Hall–Kier alpha value is -1.32. The molecule has 0 saturated heterocycles. The summed E-state index contributed by atoms with van der Waals surface area (Å²) in [6.45, 7) is 1.87. The van der Waals surface area contributed by atoms with Crippen LogP contribution in [0.15, 0.2) is 12.3 Å². The largest absolute Gasteiger partial charge is 0.481 e. The van der Waals surface area contributed by atoms with Gasteiger partial charge >= 0.3 is 5.97 Å². The quantitative estimate of drug-likeness (QED) is 0.795.